The third-order valence-corrected chi connectivity index (χ3v) is 2.81. The van der Waals surface area contributed by atoms with E-state index in [1.165, 1.54) is 23.1 Å². The van der Waals surface area contributed by atoms with Gasteiger partial charge in [0, 0.05) is 13.1 Å². The molecule has 4 nitrogen and oxygen atoms in total. The van der Waals surface area contributed by atoms with Gasteiger partial charge in [-0.25, -0.2) is 0 Å². The van der Waals surface area contributed by atoms with E-state index in [1.54, 1.807) is 7.05 Å². The average Bonchev–Trinajstić information content (AvgIpc) is 2.26. The van der Waals surface area contributed by atoms with E-state index in [-0.39, 0.29) is 29.0 Å². The normalized spacial score (nSPS) is 12.2. The van der Waals surface area contributed by atoms with Crippen molar-refractivity contribution in [2.24, 2.45) is 0 Å². The van der Waals surface area contributed by atoms with Gasteiger partial charge in [-0.1, -0.05) is 13.0 Å². The van der Waals surface area contributed by atoms with E-state index < -0.39 is 0 Å². The molecule has 0 bridgehead atoms. The first-order valence-corrected chi connectivity index (χ1v) is 5.27. The van der Waals surface area contributed by atoms with Gasteiger partial charge in [0.25, 0.3) is 5.91 Å². The van der Waals surface area contributed by atoms with Gasteiger partial charge in [0.2, 0.25) is 0 Å². The van der Waals surface area contributed by atoms with Crippen LogP contribution in [0.25, 0.3) is 0 Å². The molecule has 0 aliphatic carbocycles. The molecule has 16 heavy (non-hydrogen) atoms. The lowest BCUT2D eigenvalue weighted by Gasteiger charge is -2.24. The summed E-state index contributed by atoms with van der Waals surface area (Å²) in [5, 5.41) is 19.1. The number of nitrogens with zero attached hydrogens (tertiary/aromatic N) is 1. The van der Waals surface area contributed by atoms with Gasteiger partial charge in [-0.2, -0.15) is 0 Å². The minimum Gasteiger partial charge on any atom is -0.507 e. The van der Waals surface area contributed by atoms with Gasteiger partial charge in [-0.05, 0) is 25.5 Å². The Balaban J connectivity index is 3.05. The van der Waals surface area contributed by atoms with Gasteiger partial charge in [-0.3, -0.25) is 4.79 Å². The van der Waals surface area contributed by atoms with Gasteiger partial charge in [0.05, 0.1) is 0 Å². The number of phenolic OH excluding ortho intramolecular Hbond substituents is 2. The largest absolute Gasteiger partial charge is 0.507 e. The highest BCUT2D eigenvalue weighted by molar-refractivity contribution is 5.99. The van der Waals surface area contributed by atoms with Gasteiger partial charge in [0.15, 0.2) is 0 Å². The Bertz CT molecular complexity index is 370. The molecule has 0 saturated heterocycles. The number of hydrogen-bond acceptors (Lipinski definition) is 3. The minimum absolute atomic E-state index is 0.0368. The smallest absolute Gasteiger partial charge is 0.261 e. The number of carbonyl (C=O) groups excluding carboxylic acids is 1. The first-order valence-electron chi connectivity index (χ1n) is 5.27. The highest BCUT2D eigenvalue weighted by Crippen LogP contribution is 2.27. The van der Waals surface area contributed by atoms with E-state index in [0.717, 1.165) is 6.42 Å². The van der Waals surface area contributed by atoms with Crippen LogP contribution in [0.15, 0.2) is 18.2 Å². The molecule has 1 unspecified atom stereocenters. The number of phenols is 2. The lowest BCUT2D eigenvalue weighted by atomic mass is 10.1. The molecule has 1 amide bonds. The summed E-state index contributed by atoms with van der Waals surface area (Å²) in [5.41, 5.74) is -0.0368. The Kier molecular flexibility index (Phi) is 3.77. The summed E-state index contributed by atoms with van der Waals surface area (Å²) in [5.74, 6) is -0.759. The minimum atomic E-state index is -0.370. The van der Waals surface area contributed by atoms with Gasteiger partial charge >= 0.3 is 0 Å². The number of amides is 1. The number of hydrogen-bond donors (Lipinski definition) is 2. The summed E-state index contributed by atoms with van der Waals surface area (Å²) in [4.78, 5) is 13.5. The van der Waals surface area contributed by atoms with Gasteiger partial charge < -0.3 is 15.1 Å². The fourth-order valence-corrected chi connectivity index (χ4v) is 1.40. The van der Waals surface area contributed by atoms with Crippen molar-refractivity contribution in [3.63, 3.8) is 0 Å². The van der Waals surface area contributed by atoms with E-state index in [0.29, 0.717) is 0 Å². The molecule has 88 valence electrons. The van der Waals surface area contributed by atoms with Crippen LogP contribution in [0.3, 0.4) is 0 Å². The highest BCUT2D eigenvalue weighted by atomic mass is 16.3. The molecule has 0 aliphatic heterocycles. The zero-order valence-electron chi connectivity index (χ0n) is 9.77. The summed E-state index contributed by atoms with van der Waals surface area (Å²) in [6.07, 6.45) is 0.816. The van der Waals surface area contributed by atoms with Crippen molar-refractivity contribution >= 4 is 5.91 Å². The molecule has 1 atom stereocenters. The first-order chi connectivity index (χ1) is 7.49. The molecule has 2 N–H and O–H groups in total. The number of rotatable bonds is 3. The second kappa shape index (κ2) is 4.88. The first kappa shape index (κ1) is 12.4. The maximum Gasteiger partial charge on any atom is 0.261 e. The summed E-state index contributed by atoms with van der Waals surface area (Å²) >= 11 is 0. The van der Waals surface area contributed by atoms with Crippen molar-refractivity contribution in [2.75, 3.05) is 7.05 Å². The maximum atomic E-state index is 12.0. The van der Waals surface area contributed by atoms with E-state index in [2.05, 4.69) is 0 Å². The zero-order valence-corrected chi connectivity index (χ0v) is 9.77. The molecule has 0 spiro atoms. The highest BCUT2D eigenvalue weighted by Gasteiger charge is 2.22. The molecular weight excluding hydrogens is 206 g/mol. The summed E-state index contributed by atoms with van der Waals surface area (Å²) in [6.45, 7) is 3.88. The third-order valence-electron chi connectivity index (χ3n) is 2.81. The summed E-state index contributed by atoms with van der Waals surface area (Å²) < 4.78 is 0. The Morgan fingerprint density at radius 1 is 1.38 bits per heavy atom. The van der Waals surface area contributed by atoms with E-state index >= 15 is 0 Å². The van der Waals surface area contributed by atoms with Crippen molar-refractivity contribution < 1.29 is 15.0 Å². The van der Waals surface area contributed by atoms with Crippen LogP contribution >= 0.6 is 0 Å². The molecule has 0 heterocycles. The van der Waals surface area contributed by atoms with Crippen molar-refractivity contribution in [3.05, 3.63) is 23.8 Å². The molecule has 4 heteroatoms. The monoisotopic (exact) mass is 223 g/mol. The quantitative estimate of drug-likeness (QED) is 0.823. The Hall–Kier alpha value is -1.71. The Morgan fingerprint density at radius 2 is 1.88 bits per heavy atom. The number of carbonyl (C=O) groups is 1. The molecule has 0 radical (unpaired) electrons. The molecule has 0 fully saturated rings. The molecule has 1 aromatic rings. The zero-order chi connectivity index (χ0) is 12.3. The van der Waals surface area contributed by atoms with Crippen molar-refractivity contribution in [3.8, 4) is 11.5 Å². The van der Waals surface area contributed by atoms with Crippen LogP contribution in [0.2, 0.25) is 0 Å². The predicted molar refractivity (Wildman–Crippen MR) is 61.6 cm³/mol. The van der Waals surface area contributed by atoms with Crippen LogP contribution in [0.1, 0.15) is 30.6 Å². The number of benzene rings is 1. The van der Waals surface area contributed by atoms with Crippen LogP contribution in [0, 0.1) is 0 Å². The summed E-state index contributed by atoms with van der Waals surface area (Å²) in [7, 11) is 1.66. The van der Waals surface area contributed by atoms with Crippen molar-refractivity contribution in [1.29, 1.82) is 0 Å². The van der Waals surface area contributed by atoms with E-state index in [4.69, 9.17) is 0 Å². The van der Waals surface area contributed by atoms with Crippen LogP contribution in [-0.4, -0.2) is 34.1 Å². The van der Waals surface area contributed by atoms with Crippen molar-refractivity contribution in [2.45, 2.75) is 26.3 Å². The fraction of sp³-hybridized carbons (Fsp3) is 0.417. The molecule has 1 aromatic carbocycles. The van der Waals surface area contributed by atoms with Crippen LogP contribution < -0.4 is 0 Å². The van der Waals surface area contributed by atoms with E-state index in [1.807, 2.05) is 13.8 Å². The molecule has 1 rings (SSSR count). The van der Waals surface area contributed by atoms with Gasteiger partial charge in [0.1, 0.15) is 17.1 Å². The van der Waals surface area contributed by atoms with Crippen LogP contribution in [0.5, 0.6) is 11.5 Å². The molecule has 0 aromatic heterocycles. The topological polar surface area (TPSA) is 60.8 Å². The van der Waals surface area contributed by atoms with Crippen molar-refractivity contribution in [1.82, 2.24) is 4.90 Å². The van der Waals surface area contributed by atoms with Gasteiger partial charge in [-0.15, -0.1) is 0 Å². The Morgan fingerprint density at radius 3 is 2.31 bits per heavy atom. The average molecular weight is 223 g/mol. The standard InChI is InChI=1S/C12H17NO3/c1-4-8(2)13(3)12(16)11-9(14)6-5-7-10(11)15/h5-8,14-15H,4H2,1-3H3. The lowest BCUT2D eigenvalue weighted by molar-refractivity contribution is 0.0734. The summed E-state index contributed by atoms with van der Waals surface area (Å²) in [6, 6.07) is 4.32. The fourth-order valence-electron chi connectivity index (χ4n) is 1.40. The lowest BCUT2D eigenvalue weighted by Crippen LogP contribution is -2.34. The molecular formula is C12H17NO3. The maximum absolute atomic E-state index is 12.0. The van der Waals surface area contributed by atoms with Crippen LogP contribution in [-0.2, 0) is 0 Å². The van der Waals surface area contributed by atoms with E-state index in [9.17, 15) is 15.0 Å². The number of aromatic hydroxyl groups is 2. The van der Waals surface area contributed by atoms with Crippen LogP contribution in [0.4, 0.5) is 0 Å². The third kappa shape index (κ3) is 2.27. The second-order valence-corrected chi connectivity index (χ2v) is 3.84. The Labute approximate surface area is 95.1 Å². The second-order valence-electron chi connectivity index (χ2n) is 3.84. The SMILES string of the molecule is CCC(C)N(C)C(=O)c1c(O)cccc1O. The predicted octanol–water partition coefficient (Wildman–Crippen LogP) is 1.97. The molecule has 0 aliphatic rings. The molecule has 0 saturated carbocycles.